The lowest BCUT2D eigenvalue weighted by Crippen LogP contribution is -2.24. The molecule has 0 spiro atoms. The zero-order valence-electron chi connectivity index (χ0n) is 13.7. The number of anilines is 1. The van der Waals surface area contributed by atoms with Crippen LogP contribution in [0.15, 0.2) is 18.2 Å². The fraction of sp³-hybridized carbons (Fsp3) is 0.667. The van der Waals surface area contributed by atoms with Crippen LogP contribution in [0.3, 0.4) is 0 Å². The molecule has 1 heterocycles. The van der Waals surface area contributed by atoms with Crippen molar-refractivity contribution in [2.45, 2.75) is 46.6 Å². The van der Waals surface area contributed by atoms with E-state index in [-0.39, 0.29) is 0 Å². The number of nitrogens with zero attached hydrogens (tertiary/aromatic N) is 1. The van der Waals surface area contributed by atoms with Crippen molar-refractivity contribution in [2.24, 2.45) is 11.8 Å². The highest BCUT2D eigenvalue weighted by Crippen LogP contribution is 2.27. The van der Waals surface area contributed by atoms with Crippen molar-refractivity contribution < 1.29 is 0 Å². The summed E-state index contributed by atoms with van der Waals surface area (Å²) in [6.07, 6.45) is 3.92. The van der Waals surface area contributed by atoms with Gasteiger partial charge >= 0.3 is 0 Å². The zero-order chi connectivity index (χ0) is 15.2. The number of hydrogen-bond acceptors (Lipinski definition) is 2. The maximum Gasteiger partial charge on any atom is 0.0471 e. The van der Waals surface area contributed by atoms with Crippen LogP contribution < -0.4 is 10.2 Å². The van der Waals surface area contributed by atoms with Crippen molar-refractivity contribution in [1.29, 1.82) is 0 Å². The van der Waals surface area contributed by atoms with Crippen molar-refractivity contribution in [3.05, 3.63) is 28.8 Å². The van der Waals surface area contributed by atoms with E-state index >= 15 is 0 Å². The molecule has 1 aromatic carbocycles. The summed E-state index contributed by atoms with van der Waals surface area (Å²) < 4.78 is 0. The van der Waals surface area contributed by atoms with Crippen LogP contribution in [0.4, 0.5) is 5.69 Å². The Labute approximate surface area is 134 Å². The SMILES string of the molecule is CC(C)CNCc1ccc(N2CCCC(C)CC2)cc1Cl. The Kier molecular flexibility index (Phi) is 6.38. The second kappa shape index (κ2) is 8.05. The second-order valence-electron chi connectivity index (χ2n) is 6.82. The molecule has 1 atom stereocenters. The predicted octanol–water partition coefficient (Wildman–Crippen LogP) is 4.71. The molecule has 0 aliphatic carbocycles. The third kappa shape index (κ3) is 5.19. The minimum atomic E-state index is 0.669. The van der Waals surface area contributed by atoms with Crippen LogP contribution in [-0.4, -0.2) is 19.6 Å². The molecular formula is C18H29ClN2. The van der Waals surface area contributed by atoms with Crippen molar-refractivity contribution in [3.8, 4) is 0 Å². The van der Waals surface area contributed by atoms with Gasteiger partial charge in [-0.2, -0.15) is 0 Å². The molecule has 3 heteroatoms. The lowest BCUT2D eigenvalue weighted by atomic mass is 10.0. The Hall–Kier alpha value is -0.730. The van der Waals surface area contributed by atoms with Crippen LogP contribution in [0.5, 0.6) is 0 Å². The molecule has 0 aromatic heterocycles. The van der Waals surface area contributed by atoms with E-state index in [4.69, 9.17) is 11.6 Å². The molecule has 2 rings (SSSR count). The van der Waals surface area contributed by atoms with Gasteiger partial charge in [0.2, 0.25) is 0 Å². The van der Waals surface area contributed by atoms with Gasteiger partial charge in [-0.1, -0.05) is 38.4 Å². The van der Waals surface area contributed by atoms with Gasteiger partial charge in [-0.3, -0.25) is 0 Å². The zero-order valence-corrected chi connectivity index (χ0v) is 14.4. The lowest BCUT2D eigenvalue weighted by molar-refractivity contribution is 0.521. The van der Waals surface area contributed by atoms with Crippen molar-refractivity contribution in [3.63, 3.8) is 0 Å². The van der Waals surface area contributed by atoms with E-state index in [0.717, 1.165) is 37.1 Å². The Morgan fingerprint density at radius 2 is 2.10 bits per heavy atom. The first-order valence-corrected chi connectivity index (χ1v) is 8.68. The normalized spacial score (nSPS) is 19.9. The third-order valence-corrected chi connectivity index (χ3v) is 4.64. The van der Waals surface area contributed by atoms with Crippen LogP contribution in [0.25, 0.3) is 0 Å². The molecule has 1 N–H and O–H groups in total. The van der Waals surface area contributed by atoms with Gasteiger partial charge in [-0.15, -0.1) is 0 Å². The molecule has 1 aliphatic heterocycles. The summed E-state index contributed by atoms with van der Waals surface area (Å²) >= 11 is 6.47. The van der Waals surface area contributed by atoms with Crippen molar-refractivity contribution in [1.82, 2.24) is 5.32 Å². The highest BCUT2D eigenvalue weighted by atomic mass is 35.5. The second-order valence-corrected chi connectivity index (χ2v) is 7.23. The van der Waals surface area contributed by atoms with Crippen molar-refractivity contribution in [2.75, 3.05) is 24.5 Å². The summed E-state index contributed by atoms with van der Waals surface area (Å²) in [5, 5.41) is 4.35. The summed E-state index contributed by atoms with van der Waals surface area (Å²) in [5.41, 5.74) is 2.48. The number of nitrogens with one attached hydrogen (secondary N) is 1. The summed E-state index contributed by atoms with van der Waals surface area (Å²) in [7, 11) is 0. The number of rotatable bonds is 5. The van der Waals surface area contributed by atoms with Crippen LogP contribution >= 0.6 is 11.6 Å². The fourth-order valence-electron chi connectivity index (χ4n) is 2.89. The standard InChI is InChI=1S/C18H29ClN2/c1-14(2)12-20-13-16-6-7-17(11-18(16)19)21-9-4-5-15(3)8-10-21/h6-7,11,14-15,20H,4-5,8-10,12-13H2,1-3H3. The average molecular weight is 309 g/mol. The Morgan fingerprint density at radius 1 is 1.29 bits per heavy atom. The van der Waals surface area contributed by atoms with Crippen molar-refractivity contribution >= 4 is 17.3 Å². The summed E-state index contributed by atoms with van der Waals surface area (Å²) in [6.45, 7) is 11.0. The van der Waals surface area contributed by atoms with E-state index in [1.165, 1.54) is 30.5 Å². The van der Waals surface area contributed by atoms with E-state index < -0.39 is 0 Å². The van der Waals surface area contributed by atoms with Gasteiger partial charge in [-0.25, -0.2) is 0 Å². The molecule has 1 unspecified atom stereocenters. The lowest BCUT2D eigenvalue weighted by Gasteiger charge is -2.23. The minimum Gasteiger partial charge on any atom is -0.371 e. The van der Waals surface area contributed by atoms with Gasteiger partial charge in [0.1, 0.15) is 0 Å². The molecule has 1 fully saturated rings. The Morgan fingerprint density at radius 3 is 2.81 bits per heavy atom. The largest absolute Gasteiger partial charge is 0.371 e. The van der Waals surface area contributed by atoms with Gasteiger partial charge in [0.15, 0.2) is 0 Å². The summed E-state index contributed by atoms with van der Waals surface area (Å²) in [6, 6.07) is 6.55. The third-order valence-electron chi connectivity index (χ3n) is 4.29. The maximum absolute atomic E-state index is 6.47. The first kappa shape index (κ1) is 16.6. The highest BCUT2D eigenvalue weighted by Gasteiger charge is 2.15. The molecule has 118 valence electrons. The molecule has 1 aliphatic rings. The van der Waals surface area contributed by atoms with Crippen LogP contribution in [-0.2, 0) is 6.54 Å². The van der Waals surface area contributed by atoms with E-state index in [1.54, 1.807) is 0 Å². The number of hydrogen-bond donors (Lipinski definition) is 1. The minimum absolute atomic E-state index is 0.669. The predicted molar refractivity (Wildman–Crippen MR) is 93.2 cm³/mol. The maximum atomic E-state index is 6.47. The van der Waals surface area contributed by atoms with E-state index in [1.807, 2.05) is 0 Å². The van der Waals surface area contributed by atoms with Gasteiger partial charge in [0, 0.05) is 30.3 Å². The first-order valence-electron chi connectivity index (χ1n) is 8.30. The van der Waals surface area contributed by atoms with Gasteiger partial charge in [0.25, 0.3) is 0 Å². The summed E-state index contributed by atoms with van der Waals surface area (Å²) in [5.74, 6) is 1.52. The average Bonchev–Trinajstić information content (AvgIpc) is 2.65. The smallest absolute Gasteiger partial charge is 0.0471 e. The van der Waals surface area contributed by atoms with Crippen LogP contribution in [0.2, 0.25) is 5.02 Å². The van der Waals surface area contributed by atoms with Gasteiger partial charge in [0.05, 0.1) is 0 Å². The molecular weight excluding hydrogens is 280 g/mol. The molecule has 1 aromatic rings. The molecule has 0 bridgehead atoms. The number of benzene rings is 1. The quantitative estimate of drug-likeness (QED) is 0.847. The molecule has 0 radical (unpaired) electrons. The van der Waals surface area contributed by atoms with Crippen LogP contribution in [0.1, 0.15) is 45.6 Å². The monoisotopic (exact) mass is 308 g/mol. The van der Waals surface area contributed by atoms with Crippen LogP contribution in [0, 0.1) is 11.8 Å². The topological polar surface area (TPSA) is 15.3 Å². The molecule has 0 saturated carbocycles. The highest BCUT2D eigenvalue weighted by molar-refractivity contribution is 6.31. The first-order chi connectivity index (χ1) is 10.1. The van der Waals surface area contributed by atoms with E-state index in [9.17, 15) is 0 Å². The van der Waals surface area contributed by atoms with E-state index in [0.29, 0.717) is 5.92 Å². The Bertz CT molecular complexity index is 445. The molecule has 1 saturated heterocycles. The Balaban J connectivity index is 1.97. The van der Waals surface area contributed by atoms with Gasteiger partial charge < -0.3 is 10.2 Å². The van der Waals surface area contributed by atoms with E-state index in [2.05, 4.69) is 49.2 Å². The van der Waals surface area contributed by atoms with Gasteiger partial charge in [-0.05, 0) is 55.3 Å². The molecule has 21 heavy (non-hydrogen) atoms. The molecule has 2 nitrogen and oxygen atoms in total. The number of halogens is 1. The fourth-order valence-corrected chi connectivity index (χ4v) is 3.13. The summed E-state index contributed by atoms with van der Waals surface area (Å²) in [4.78, 5) is 2.49. The molecule has 0 amide bonds.